The molecule has 2 rings (SSSR count). The highest BCUT2D eigenvalue weighted by atomic mass is 35.5. The first-order valence-corrected chi connectivity index (χ1v) is 8.04. The first-order chi connectivity index (χ1) is 11.1. The molecular formula is C17H26ClN3O3. The third-order valence-electron chi connectivity index (χ3n) is 3.84. The van der Waals surface area contributed by atoms with Gasteiger partial charge in [-0.05, 0) is 37.6 Å². The van der Waals surface area contributed by atoms with E-state index in [-0.39, 0.29) is 36.2 Å². The van der Waals surface area contributed by atoms with Gasteiger partial charge in [-0.15, -0.1) is 12.4 Å². The number of carbonyl (C=O) groups excluding carboxylic acids is 2. The topological polar surface area (TPSA) is 79.5 Å². The van der Waals surface area contributed by atoms with E-state index in [1.807, 2.05) is 38.2 Å². The van der Waals surface area contributed by atoms with Crippen molar-refractivity contribution in [1.29, 1.82) is 0 Å². The van der Waals surface area contributed by atoms with E-state index in [9.17, 15) is 9.59 Å². The third-order valence-corrected chi connectivity index (χ3v) is 3.84. The molecule has 0 aromatic heterocycles. The minimum Gasteiger partial charge on any atom is -0.368 e. The summed E-state index contributed by atoms with van der Waals surface area (Å²) in [7, 11) is 1.82. The molecule has 2 unspecified atom stereocenters. The van der Waals surface area contributed by atoms with E-state index in [2.05, 4.69) is 16.0 Å². The van der Waals surface area contributed by atoms with Crippen LogP contribution in [-0.4, -0.2) is 38.1 Å². The minimum atomic E-state index is -0.347. The molecule has 7 heteroatoms. The van der Waals surface area contributed by atoms with Crippen molar-refractivity contribution in [3.05, 3.63) is 29.8 Å². The molecule has 1 aliphatic heterocycles. The van der Waals surface area contributed by atoms with Gasteiger partial charge in [-0.25, -0.2) is 0 Å². The van der Waals surface area contributed by atoms with Crippen LogP contribution < -0.4 is 16.0 Å². The van der Waals surface area contributed by atoms with Crippen LogP contribution in [0.3, 0.4) is 0 Å². The lowest BCUT2D eigenvalue weighted by Crippen LogP contribution is -2.33. The summed E-state index contributed by atoms with van der Waals surface area (Å²) in [6.45, 7) is 3.61. The van der Waals surface area contributed by atoms with Crippen molar-refractivity contribution in [1.82, 2.24) is 10.6 Å². The van der Waals surface area contributed by atoms with Crippen LogP contribution in [0.5, 0.6) is 0 Å². The summed E-state index contributed by atoms with van der Waals surface area (Å²) >= 11 is 0. The molecule has 1 heterocycles. The molecule has 0 spiro atoms. The Bertz CT molecular complexity index is 548. The molecule has 6 nitrogen and oxygen atoms in total. The summed E-state index contributed by atoms with van der Waals surface area (Å²) in [5.41, 5.74) is 1.67. The van der Waals surface area contributed by atoms with Gasteiger partial charge in [0, 0.05) is 31.3 Å². The molecule has 0 aliphatic carbocycles. The van der Waals surface area contributed by atoms with Crippen molar-refractivity contribution in [2.75, 3.05) is 25.5 Å². The lowest BCUT2D eigenvalue weighted by molar-refractivity contribution is -0.125. The maximum atomic E-state index is 12.0. The van der Waals surface area contributed by atoms with Crippen LogP contribution in [0.15, 0.2) is 24.3 Å². The average molecular weight is 356 g/mol. The molecule has 1 aromatic carbocycles. The molecule has 0 radical (unpaired) electrons. The van der Waals surface area contributed by atoms with E-state index in [1.54, 1.807) is 0 Å². The van der Waals surface area contributed by atoms with E-state index in [0.29, 0.717) is 19.7 Å². The summed E-state index contributed by atoms with van der Waals surface area (Å²) in [6.07, 6.45) is 1.35. The summed E-state index contributed by atoms with van der Waals surface area (Å²) in [6, 6.07) is 7.49. The number of rotatable bonds is 7. The van der Waals surface area contributed by atoms with Crippen molar-refractivity contribution in [3.63, 3.8) is 0 Å². The SMILES string of the molecule is CNCC(C)C(=O)NCc1cccc(NC(=O)C2CCCO2)c1.Cl. The van der Waals surface area contributed by atoms with Gasteiger partial charge < -0.3 is 20.7 Å². The molecule has 0 saturated carbocycles. The quantitative estimate of drug-likeness (QED) is 0.695. The van der Waals surface area contributed by atoms with Crippen molar-refractivity contribution in [3.8, 4) is 0 Å². The fourth-order valence-electron chi connectivity index (χ4n) is 2.53. The van der Waals surface area contributed by atoms with E-state index in [4.69, 9.17) is 4.74 Å². The highest BCUT2D eigenvalue weighted by Crippen LogP contribution is 2.16. The third kappa shape index (κ3) is 6.11. The second-order valence-electron chi connectivity index (χ2n) is 5.87. The van der Waals surface area contributed by atoms with E-state index < -0.39 is 0 Å². The van der Waals surface area contributed by atoms with Crippen molar-refractivity contribution >= 4 is 29.9 Å². The van der Waals surface area contributed by atoms with Crippen LogP contribution in [-0.2, 0) is 20.9 Å². The van der Waals surface area contributed by atoms with Crippen LogP contribution in [0.4, 0.5) is 5.69 Å². The van der Waals surface area contributed by atoms with E-state index >= 15 is 0 Å². The fraction of sp³-hybridized carbons (Fsp3) is 0.529. The van der Waals surface area contributed by atoms with Crippen molar-refractivity contribution in [2.24, 2.45) is 5.92 Å². The second kappa shape index (κ2) is 10.3. The van der Waals surface area contributed by atoms with Gasteiger partial charge in [-0.1, -0.05) is 19.1 Å². The number of benzene rings is 1. The number of hydrogen-bond donors (Lipinski definition) is 3. The Kier molecular flexibility index (Phi) is 8.74. The monoisotopic (exact) mass is 355 g/mol. The highest BCUT2D eigenvalue weighted by molar-refractivity contribution is 5.94. The summed E-state index contributed by atoms with van der Waals surface area (Å²) in [5, 5.41) is 8.75. The molecule has 1 aromatic rings. The highest BCUT2D eigenvalue weighted by Gasteiger charge is 2.23. The molecule has 2 amide bonds. The number of amides is 2. The van der Waals surface area contributed by atoms with Crippen LogP contribution >= 0.6 is 12.4 Å². The maximum absolute atomic E-state index is 12.0. The average Bonchev–Trinajstić information content (AvgIpc) is 3.08. The van der Waals surface area contributed by atoms with Crippen LogP contribution in [0.2, 0.25) is 0 Å². The van der Waals surface area contributed by atoms with E-state index in [0.717, 1.165) is 24.1 Å². The molecule has 1 saturated heterocycles. The Morgan fingerprint density at radius 2 is 2.17 bits per heavy atom. The van der Waals surface area contributed by atoms with Crippen LogP contribution in [0.25, 0.3) is 0 Å². The zero-order chi connectivity index (χ0) is 16.7. The lowest BCUT2D eigenvalue weighted by Gasteiger charge is -2.13. The van der Waals surface area contributed by atoms with Gasteiger partial charge in [-0.2, -0.15) is 0 Å². The zero-order valence-corrected chi connectivity index (χ0v) is 14.9. The normalized spacial score (nSPS) is 17.7. The predicted molar refractivity (Wildman–Crippen MR) is 96.2 cm³/mol. The first-order valence-electron chi connectivity index (χ1n) is 8.04. The number of ether oxygens (including phenoxy) is 1. The Labute approximate surface area is 149 Å². The Morgan fingerprint density at radius 1 is 1.38 bits per heavy atom. The molecule has 24 heavy (non-hydrogen) atoms. The fourth-order valence-corrected chi connectivity index (χ4v) is 2.53. The van der Waals surface area contributed by atoms with Gasteiger partial charge in [0.1, 0.15) is 6.10 Å². The van der Waals surface area contributed by atoms with Gasteiger partial charge in [0.15, 0.2) is 0 Å². The number of nitrogens with one attached hydrogen (secondary N) is 3. The molecule has 3 N–H and O–H groups in total. The summed E-state index contributed by atoms with van der Waals surface area (Å²) < 4.78 is 5.37. The summed E-state index contributed by atoms with van der Waals surface area (Å²) in [5.74, 6) is -0.179. The Balaban J connectivity index is 0.00000288. The molecule has 1 fully saturated rings. The Hall–Kier alpha value is -1.63. The Morgan fingerprint density at radius 3 is 2.83 bits per heavy atom. The standard InChI is InChI=1S/C17H25N3O3.ClH/c1-12(10-18-2)16(21)19-11-13-5-3-6-14(9-13)20-17(22)15-7-4-8-23-15;/h3,5-6,9,12,15,18H,4,7-8,10-11H2,1-2H3,(H,19,21)(H,20,22);1H. The largest absolute Gasteiger partial charge is 0.368 e. The van der Waals surface area contributed by atoms with Crippen LogP contribution in [0.1, 0.15) is 25.3 Å². The maximum Gasteiger partial charge on any atom is 0.253 e. The van der Waals surface area contributed by atoms with Gasteiger partial charge in [-0.3, -0.25) is 9.59 Å². The van der Waals surface area contributed by atoms with Crippen LogP contribution in [0, 0.1) is 5.92 Å². The molecule has 134 valence electrons. The number of hydrogen-bond acceptors (Lipinski definition) is 4. The lowest BCUT2D eigenvalue weighted by atomic mass is 10.1. The minimum absolute atomic E-state index is 0. The molecular weight excluding hydrogens is 330 g/mol. The predicted octanol–water partition coefficient (Wildman–Crippen LogP) is 1.70. The number of carbonyl (C=O) groups is 2. The van der Waals surface area contributed by atoms with Gasteiger partial charge in [0.2, 0.25) is 5.91 Å². The number of halogens is 1. The van der Waals surface area contributed by atoms with Gasteiger partial charge in [0.25, 0.3) is 5.91 Å². The van der Waals surface area contributed by atoms with Gasteiger partial charge >= 0.3 is 0 Å². The van der Waals surface area contributed by atoms with E-state index in [1.165, 1.54) is 0 Å². The molecule has 1 aliphatic rings. The zero-order valence-electron chi connectivity index (χ0n) is 14.1. The van der Waals surface area contributed by atoms with Crippen molar-refractivity contribution < 1.29 is 14.3 Å². The second-order valence-corrected chi connectivity index (χ2v) is 5.87. The van der Waals surface area contributed by atoms with Crippen molar-refractivity contribution in [2.45, 2.75) is 32.4 Å². The number of anilines is 1. The smallest absolute Gasteiger partial charge is 0.253 e. The first kappa shape index (κ1) is 20.4. The summed E-state index contributed by atoms with van der Waals surface area (Å²) in [4.78, 5) is 23.9. The molecule has 0 bridgehead atoms. The van der Waals surface area contributed by atoms with Gasteiger partial charge in [0.05, 0.1) is 0 Å². The molecule has 2 atom stereocenters.